The molecule has 0 bridgehead atoms. The highest BCUT2D eigenvalue weighted by Gasteiger charge is 2.31. The van der Waals surface area contributed by atoms with Crippen molar-refractivity contribution in [3.63, 3.8) is 0 Å². The summed E-state index contributed by atoms with van der Waals surface area (Å²) >= 11 is 6.17. The molecule has 3 aromatic carbocycles. The Kier molecular flexibility index (Phi) is 19.7. The van der Waals surface area contributed by atoms with Crippen molar-refractivity contribution in [2.24, 2.45) is 0 Å². The molecule has 0 atom stereocenters. The fraction of sp³-hybridized carbons (Fsp3) is 0.342. The van der Waals surface area contributed by atoms with Crippen molar-refractivity contribution >= 4 is 73.9 Å². The zero-order valence-corrected chi connectivity index (χ0v) is 56.0. The minimum absolute atomic E-state index is 0.175. The van der Waals surface area contributed by atoms with Crippen LogP contribution >= 0.6 is 11.6 Å². The summed E-state index contributed by atoms with van der Waals surface area (Å²) < 4.78 is 11.1. The third kappa shape index (κ3) is 16.2. The van der Waals surface area contributed by atoms with Crippen LogP contribution < -0.4 is 21.3 Å². The van der Waals surface area contributed by atoms with Crippen LogP contribution in [-0.4, -0.2) is 127 Å². The van der Waals surface area contributed by atoms with E-state index >= 15 is 0 Å². The molecule has 0 saturated carbocycles. The highest BCUT2D eigenvalue weighted by Crippen LogP contribution is 2.32. The number of aromatic amines is 3. The van der Waals surface area contributed by atoms with Crippen molar-refractivity contribution in [2.45, 2.75) is 125 Å². The number of carbonyl (C=O) groups is 2. The molecule has 0 spiro atoms. The number of pyridine rings is 2. The average molecular weight is 1300 g/mol. The van der Waals surface area contributed by atoms with Crippen molar-refractivity contribution in [2.75, 3.05) is 55.2 Å². The summed E-state index contributed by atoms with van der Waals surface area (Å²) in [5, 5.41) is 17.9. The molecule has 11 aromatic rings. The lowest BCUT2D eigenvalue weighted by molar-refractivity contribution is 0.0211. The number of ether oxygens (including phenoxy) is 2. The Morgan fingerprint density at radius 3 is 1.35 bits per heavy atom. The van der Waals surface area contributed by atoms with Gasteiger partial charge in [-0.1, -0.05) is 54.6 Å². The highest BCUT2D eigenvalue weighted by atomic mass is 35.5. The molecule has 8 aromatic heterocycles. The van der Waals surface area contributed by atoms with Gasteiger partial charge in [0.05, 0.1) is 30.2 Å². The number of benzene rings is 3. The number of nitrogens with one attached hydrogen (secondary N) is 7. The minimum Gasteiger partial charge on any atom is -0.444 e. The van der Waals surface area contributed by atoms with Gasteiger partial charge in [0.15, 0.2) is 11.6 Å². The Morgan fingerprint density at radius 1 is 0.516 bits per heavy atom. The molecule has 14 rings (SSSR count). The summed E-state index contributed by atoms with van der Waals surface area (Å²) in [4.78, 5) is 75.4. The van der Waals surface area contributed by atoms with E-state index in [2.05, 4.69) is 129 Å². The SMILES string of the molecule is CC(C)(C)OC(=O)N1CCc2c(nc(Cl)nc2NCCc2c[nH]c3ccccc23)C1.Cc1cncc(-c2nc3c(c(NCCc4c[nH]c5ccccc45)n2)CCN(C(=O)OC(C)(C)C)C3)c1.Cc1cncc(-c2nc3c(c(NCCc4c[nH]c5ccccc45)n2)CCNC3)c1. The van der Waals surface area contributed by atoms with E-state index in [4.69, 9.17) is 41.0 Å². The zero-order chi connectivity index (χ0) is 66.2. The van der Waals surface area contributed by atoms with Gasteiger partial charge in [-0.15, -0.1) is 0 Å². The Hall–Kier alpha value is -9.99. The maximum Gasteiger partial charge on any atom is 0.410 e. The molecular weight excluding hydrogens is 1210 g/mol. The molecule has 95 heavy (non-hydrogen) atoms. The molecule has 21 nitrogen and oxygen atoms in total. The number of amides is 2. The molecule has 0 unspecified atom stereocenters. The number of para-hydroxylation sites is 3. The lowest BCUT2D eigenvalue weighted by Gasteiger charge is -2.31. The van der Waals surface area contributed by atoms with Gasteiger partial charge in [0, 0.05) is 143 Å². The van der Waals surface area contributed by atoms with Crippen LogP contribution in [0, 0.1) is 13.8 Å². The van der Waals surface area contributed by atoms with Gasteiger partial charge in [0.1, 0.15) is 28.7 Å². The first-order valence-corrected chi connectivity index (χ1v) is 32.9. The number of rotatable bonds is 14. The Morgan fingerprint density at radius 2 is 0.916 bits per heavy atom. The first-order valence-electron chi connectivity index (χ1n) is 32.6. The number of anilines is 3. The summed E-state index contributed by atoms with van der Waals surface area (Å²) in [6.07, 6.45) is 17.7. The molecule has 11 heterocycles. The standard InChI is InChI=1S/C28H32N6O2.C23H24N6.C22H26ClN5O2/c1-18-13-20(15-29-14-18)25-32-24-17-34(27(35)36-28(2,3)4)12-10-22(24)26(33-25)30-11-9-19-16-31-23-8-6-5-7-21(19)23;1-15-10-17(12-25-11-15)22-28-21-14-24-8-7-19(21)23(29-22)26-9-6-16-13-27-20-5-3-2-4-18(16)20;1-22(2,3)30-21(29)28-11-9-16-18(13-28)26-20(23)27-19(16)24-10-8-14-12-25-17-7-5-4-6-15(14)17/h5-8,13-16,31H,9-12,17H2,1-4H3,(H,30,32,33);2-5,10-13,24,27H,6-9,14H2,1H3,(H,26,28,29);4-7,12,25H,8-11,13H2,1-3H3,(H,24,26,27). The number of halogens is 1. The molecule has 22 heteroatoms. The van der Waals surface area contributed by atoms with Crippen LogP contribution in [0.15, 0.2) is 128 Å². The third-order valence-electron chi connectivity index (χ3n) is 16.7. The van der Waals surface area contributed by atoms with Crippen molar-refractivity contribution in [1.29, 1.82) is 0 Å². The normalized spacial score (nSPS) is 13.6. The van der Waals surface area contributed by atoms with Crippen molar-refractivity contribution in [3.05, 3.63) is 195 Å². The lowest BCUT2D eigenvalue weighted by atomic mass is 10.0. The molecule has 2 amide bonds. The molecule has 3 aliphatic rings. The van der Waals surface area contributed by atoms with Gasteiger partial charge < -0.3 is 55.5 Å². The van der Waals surface area contributed by atoms with E-state index in [1.165, 1.54) is 43.9 Å². The molecule has 490 valence electrons. The molecule has 0 saturated heterocycles. The maximum absolute atomic E-state index is 12.8. The van der Waals surface area contributed by atoms with Crippen LogP contribution in [-0.2, 0) is 67.6 Å². The minimum atomic E-state index is -0.545. The van der Waals surface area contributed by atoms with E-state index in [0.29, 0.717) is 44.8 Å². The van der Waals surface area contributed by atoms with Gasteiger partial charge in [0.25, 0.3) is 0 Å². The summed E-state index contributed by atoms with van der Waals surface area (Å²) in [7, 11) is 0. The highest BCUT2D eigenvalue weighted by molar-refractivity contribution is 6.28. The van der Waals surface area contributed by atoms with E-state index < -0.39 is 11.2 Å². The Labute approximate surface area is 558 Å². The monoisotopic (exact) mass is 1300 g/mol. The van der Waals surface area contributed by atoms with Crippen LogP contribution in [0.5, 0.6) is 0 Å². The van der Waals surface area contributed by atoms with Crippen molar-refractivity contribution < 1.29 is 19.1 Å². The molecule has 0 radical (unpaired) electrons. The topological polar surface area (TPSA) is 258 Å². The summed E-state index contributed by atoms with van der Waals surface area (Å²) in [6, 6.07) is 29.1. The predicted octanol–water partition coefficient (Wildman–Crippen LogP) is 13.5. The number of fused-ring (bicyclic) bond motifs is 6. The molecule has 0 aliphatic carbocycles. The number of aromatic nitrogens is 11. The fourth-order valence-electron chi connectivity index (χ4n) is 12.2. The number of aryl methyl sites for hydroxylation is 2. The molecular formula is C73H82ClN17O4. The van der Waals surface area contributed by atoms with Gasteiger partial charge >= 0.3 is 12.2 Å². The molecule has 3 aliphatic heterocycles. The molecule has 7 N–H and O–H groups in total. The number of hydrogen-bond acceptors (Lipinski definition) is 16. The van der Waals surface area contributed by atoms with E-state index in [0.717, 1.165) is 143 Å². The van der Waals surface area contributed by atoms with Gasteiger partial charge in [-0.3, -0.25) is 9.97 Å². The van der Waals surface area contributed by atoms with Crippen LogP contribution in [0.3, 0.4) is 0 Å². The van der Waals surface area contributed by atoms with Gasteiger partial charge in [-0.05, 0) is 170 Å². The fourth-order valence-corrected chi connectivity index (χ4v) is 12.4. The van der Waals surface area contributed by atoms with Crippen LogP contribution in [0.2, 0.25) is 5.28 Å². The van der Waals surface area contributed by atoms with Crippen LogP contribution in [0.4, 0.5) is 27.0 Å². The Bertz CT molecular complexity index is 4550. The van der Waals surface area contributed by atoms with Crippen molar-refractivity contribution in [1.82, 2.24) is 69.9 Å². The van der Waals surface area contributed by atoms with Crippen LogP contribution in [0.25, 0.3) is 55.5 Å². The van der Waals surface area contributed by atoms with Crippen LogP contribution in [0.1, 0.15) is 103 Å². The second-order valence-electron chi connectivity index (χ2n) is 26.2. The number of nitrogens with zero attached hydrogens (tertiary/aromatic N) is 10. The zero-order valence-electron chi connectivity index (χ0n) is 55.2. The van der Waals surface area contributed by atoms with Gasteiger partial charge in [0.2, 0.25) is 5.28 Å². The summed E-state index contributed by atoms with van der Waals surface area (Å²) in [5.41, 5.74) is 16.2. The average Bonchev–Trinajstić information content (AvgIpc) is 1.80. The summed E-state index contributed by atoms with van der Waals surface area (Å²) in [6.45, 7) is 21.1. The quantitative estimate of drug-likeness (QED) is 0.0499. The number of H-pyrrole nitrogens is 3. The number of carbonyl (C=O) groups excluding carboxylic acids is 2. The lowest BCUT2D eigenvalue weighted by Crippen LogP contribution is -2.40. The number of hydrogen-bond donors (Lipinski definition) is 7. The second-order valence-corrected chi connectivity index (χ2v) is 26.6. The van der Waals surface area contributed by atoms with Gasteiger partial charge in [-0.2, -0.15) is 0 Å². The first-order chi connectivity index (χ1) is 45.8. The maximum atomic E-state index is 12.8. The largest absolute Gasteiger partial charge is 0.444 e. The predicted molar refractivity (Wildman–Crippen MR) is 375 cm³/mol. The first kappa shape index (κ1) is 65.1. The van der Waals surface area contributed by atoms with E-state index in [1.807, 2.05) is 104 Å². The summed E-state index contributed by atoms with van der Waals surface area (Å²) in [5.74, 6) is 3.85. The molecule has 0 fully saturated rings. The Balaban J connectivity index is 0.000000137. The smallest absolute Gasteiger partial charge is 0.410 e. The van der Waals surface area contributed by atoms with Crippen molar-refractivity contribution in [3.8, 4) is 22.8 Å². The van der Waals surface area contributed by atoms with E-state index in [-0.39, 0.29) is 17.5 Å². The van der Waals surface area contributed by atoms with E-state index in [9.17, 15) is 9.59 Å². The van der Waals surface area contributed by atoms with E-state index in [1.54, 1.807) is 16.0 Å². The third-order valence-corrected chi connectivity index (χ3v) is 16.9. The van der Waals surface area contributed by atoms with Gasteiger partial charge in [-0.25, -0.2) is 39.5 Å². The second kappa shape index (κ2) is 28.7.